The van der Waals surface area contributed by atoms with Crippen LogP contribution in [0.1, 0.15) is 62.3 Å². The number of methoxy groups -OCH3 is 1. The molecule has 46 heavy (non-hydrogen) atoms. The van der Waals surface area contributed by atoms with E-state index in [9.17, 15) is 19.5 Å². The number of para-hydroxylation sites is 1. The van der Waals surface area contributed by atoms with Gasteiger partial charge in [-0.2, -0.15) is 4.98 Å². The Balaban J connectivity index is 1.63. The SMILES string of the molecule is COc1ccccc1-c1nc2c(cc1C1CC1)c(N1CCN(C(=O)O)C(COC(C)=O)C1)nc(=O)n2-c1c(C)ccnc1C(C)C. The Hall–Kier alpha value is -5.00. The van der Waals surface area contributed by atoms with Crippen molar-refractivity contribution in [3.05, 3.63) is 69.9 Å². The van der Waals surface area contributed by atoms with Gasteiger partial charge in [0.05, 0.1) is 35.6 Å². The van der Waals surface area contributed by atoms with E-state index in [-0.39, 0.29) is 31.5 Å². The summed E-state index contributed by atoms with van der Waals surface area (Å²) >= 11 is 0. The quantitative estimate of drug-likeness (QED) is 0.269. The first-order valence-corrected chi connectivity index (χ1v) is 15.5. The molecule has 2 aliphatic rings. The Morgan fingerprint density at radius 1 is 1.11 bits per heavy atom. The first kappa shape index (κ1) is 31.0. The van der Waals surface area contributed by atoms with Gasteiger partial charge in [0.25, 0.3) is 0 Å². The number of carboxylic acid groups (broad SMARTS) is 1. The topological polar surface area (TPSA) is 140 Å². The minimum absolute atomic E-state index is 0.0158. The molecule has 2 fully saturated rings. The third-order valence-corrected chi connectivity index (χ3v) is 8.69. The van der Waals surface area contributed by atoms with E-state index in [1.807, 2.05) is 56.0 Å². The number of aromatic nitrogens is 4. The van der Waals surface area contributed by atoms with Crippen LogP contribution in [0.4, 0.5) is 10.6 Å². The number of rotatable bonds is 8. The summed E-state index contributed by atoms with van der Waals surface area (Å²) in [5.74, 6) is 0.906. The van der Waals surface area contributed by atoms with Crippen molar-refractivity contribution >= 4 is 28.9 Å². The number of hydrogen-bond donors (Lipinski definition) is 1. The Bertz CT molecular complexity index is 1880. The van der Waals surface area contributed by atoms with Crippen molar-refractivity contribution < 1.29 is 24.2 Å². The lowest BCUT2D eigenvalue weighted by Crippen LogP contribution is -2.57. The van der Waals surface area contributed by atoms with E-state index in [1.165, 1.54) is 11.8 Å². The van der Waals surface area contributed by atoms with Crippen LogP contribution in [0.5, 0.6) is 5.75 Å². The molecule has 1 amide bonds. The predicted octanol–water partition coefficient (Wildman–Crippen LogP) is 4.89. The average Bonchev–Trinajstić information content (AvgIpc) is 3.88. The largest absolute Gasteiger partial charge is 0.496 e. The lowest BCUT2D eigenvalue weighted by Gasteiger charge is -2.40. The van der Waals surface area contributed by atoms with E-state index < -0.39 is 23.8 Å². The van der Waals surface area contributed by atoms with Gasteiger partial charge >= 0.3 is 17.8 Å². The second-order valence-electron chi connectivity index (χ2n) is 12.2. The zero-order valence-corrected chi connectivity index (χ0v) is 26.7. The van der Waals surface area contributed by atoms with E-state index >= 15 is 0 Å². The highest BCUT2D eigenvalue weighted by atomic mass is 16.5. The van der Waals surface area contributed by atoms with Gasteiger partial charge in [-0.15, -0.1) is 0 Å². The Labute approximate surface area is 266 Å². The fourth-order valence-corrected chi connectivity index (χ4v) is 6.29. The van der Waals surface area contributed by atoms with Gasteiger partial charge in [0.1, 0.15) is 18.2 Å². The smallest absolute Gasteiger partial charge is 0.407 e. The number of anilines is 1. The second kappa shape index (κ2) is 12.4. The molecule has 4 heterocycles. The van der Waals surface area contributed by atoms with Gasteiger partial charge in [-0.25, -0.2) is 19.1 Å². The number of pyridine rings is 2. The number of amides is 1. The zero-order valence-electron chi connectivity index (χ0n) is 26.7. The monoisotopic (exact) mass is 626 g/mol. The molecule has 4 aromatic rings. The molecule has 1 saturated heterocycles. The molecule has 0 bridgehead atoms. The fourth-order valence-electron chi connectivity index (χ4n) is 6.29. The van der Waals surface area contributed by atoms with Crippen molar-refractivity contribution in [3.8, 4) is 22.7 Å². The molecular formula is C34H38N6O6. The Morgan fingerprint density at radius 3 is 2.54 bits per heavy atom. The number of carbonyl (C=O) groups is 2. The number of benzene rings is 1. The van der Waals surface area contributed by atoms with Crippen molar-refractivity contribution in [2.45, 2.75) is 58.4 Å². The fraction of sp³-hybridized carbons (Fsp3) is 0.412. The normalized spacial score (nSPS) is 16.6. The number of esters is 1. The minimum Gasteiger partial charge on any atom is -0.496 e. The minimum atomic E-state index is -1.10. The van der Waals surface area contributed by atoms with Crippen LogP contribution in [0.15, 0.2) is 47.4 Å². The summed E-state index contributed by atoms with van der Waals surface area (Å²) in [6.45, 7) is 7.81. The van der Waals surface area contributed by atoms with Gasteiger partial charge in [-0.3, -0.25) is 14.7 Å². The average molecular weight is 627 g/mol. The maximum absolute atomic E-state index is 14.3. The molecule has 0 spiro atoms. The Morgan fingerprint density at radius 2 is 1.87 bits per heavy atom. The first-order valence-electron chi connectivity index (χ1n) is 15.5. The van der Waals surface area contributed by atoms with Gasteiger partial charge in [-0.1, -0.05) is 26.0 Å². The van der Waals surface area contributed by atoms with Crippen molar-refractivity contribution in [2.24, 2.45) is 0 Å². The standard InChI is InChI=1S/C34H38N6O6/c1-19(2)28-30(20(3)12-13-35-28)40-32-26(16-25(22-10-11-22)29(36-32)24-8-6-7-9-27(24)45-5)31(37-33(40)42)38-14-15-39(34(43)44)23(17-38)18-46-21(4)41/h6-9,12-13,16,19,22-23H,10-11,14-15,17-18H2,1-5H3,(H,43,44). The predicted molar refractivity (Wildman–Crippen MR) is 173 cm³/mol. The maximum Gasteiger partial charge on any atom is 0.407 e. The van der Waals surface area contributed by atoms with Crippen molar-refractivity contribution in [2.75, 3.05) is 38.3 Å². The van der Waals surface area contributed by atoms with Gasteiger partial charge < -0.3 is 19.5 Å². The number of piperazine rings is 1. The van der Waals surface area contributed by atoms with Crippen LogP contribution in [0.25, 0.3) is 28.0 Å². The summed E-state index contributed by atoms with van der Waals surface area (Å²) in [4.78, 5) is 55.7. The molecule has 1 aromatic carbocycles. The molecule has 1 N–H and O–H groups in total. The number of nitrogens with zero attached hydrogens (tertiary/aromatic N) is 6. The molecule has 1 unspecified atom stereocenters. The molecule has 6 rings (SSSR count). The molecule has 12 nitrogen and oxygen atoms in total. The third-order valence-electron chi connectivity index (χ3n) is 8.69. The lowest BCUT2D eigenvalue weighted by atomic mass is 9.99. The van der Waals surface area contributed by atoms with Crippen LogP contribution in [0, 0.1) is 6.92 Å². The molecule has 0 radical (unpaired) electrons. The van der Waals surface area contributed by atoms with Crippen molar-refractivity contribution in [1.29, 1.82) is 0 Å². The van der Waals surface area contributed by atoms with Gasteiger partial charge in [0.2, 0.25) is 0 Å². The highest BCUT2D eigenvalue weighted by Crippen LogP contribution is 2.47. The highest BCUT2D eigenvalue weighted by molar-refractivity contribution is 5.92. The first-order chi connectivity index (χ1) is 22.1. The summed E-state index contributed by atoms with van der Waals surface area (Å²) in [5, 5.41) is 10.5. The molecule has 1 aliphatic heterocycles. The molecule has 1 saturated carbocycles. The summed E-state index contributed by atoms with van der Waals surface area (Å²) in [7, 11) is 1.63. The molecule has 12 heteroatoms. The van der Waals surface area contributed by atoms with Gasteiger partial charge in [0.15, 0.2) is 5.65 Å². The third kappa shape index (κ3) is 5.75. The number of carbonyl (C=O) groups excluding carboxylic acids is 1. The molecule has 1 atom stereocenters. The summed E-state index contributed by atoms with van der Waals surface area (Å²) in [6, 6.07) is 11.0. The van der Waals surface area contributed by atoms with E-state index in [0.717, 1.165) is 40.9 Å². The number of fused-ring (bicyclic) bond motifs is 1. The molecule has 3 aromatic heterocycles. The summed E-state index contributed by atoms with van der Waals surface area (Å²) in [6.07, 6.45) is 2.67. The van der Waals surface area contributed by atoms with Crippen LogP contribution in [-0.2, 0) is 9.53 Å². The molecule has 240 valence electrons. The zero-order chi connectivity index (χ0) is 32.7. The second-order valence-corrected chi connectivity index (χ2v) is 12.2. The maximum atomic E-state index is 14.3. The van der Waals surface area contributed by atoms with E-state index in [1.54, 1.807) is 17.9 Å². The molecule has 1 aliphatic carbocycles. The number of aryl methyl sites for hydroxylation is 1. The van der Waals surface area contributed by atoms with Crippen LogP contribution in [0.2, 0.25) is 0 Å². The number of ether oxygens (including phenoxy) is 2. The van der Waals surface area contributed by atoms with Crippen LogP contribution in [0.3, 0.4) is 0 Å². The van der Waals surface area contributed by atoms with Gasteiger partial charge in [-0.05, 0) is 67.0 Å². The van der Waals surface area contributed by atoms with E-state index in [2.05, 4.69) is 16.0 Å². The van der Waals surface area contributed by atoms with Crippen molar-refractivity contribution in [3.63, 3.8) is 0 Å². The summed E-state index contributed by atoms with van der Waals surface area (Å²) in [5.41, 5.74) is 4.78. The Kier molecular flexibility index (Phi) is 8.37. The van der Waals surface area contributed by atoms with Crippen molar-refractivity contribution in [1.82, 2.24) is 24.4 Å². The van der Waals surface area contributed by atoms with Crippen LogP contribution < -0.4 is 15.3 Å². The van der Waals surface area contributed by atoms with Crippen LogP contribution in [-0.4, -0.2) is 81.0 Å². The van der Waals surface area contributed by atoms with Crippen LogP contribution >= 0.6 is 0 Å². The summed E-state index contributed by atoms with van der Waals surface area (Å²) < 4.78 is 12.6. The van der Waals surface area contributed by atoms with E-state index in [0.29, 0.717) is 34.8 Å². The molecular weight excluding hydrogens is 588 g/mol. The van der Waals surface area contributed by atoms with E-state index in [4.69, 9.17) is 14.5 Å². The number of hydrogen-bond acceptors (Lipinski definition) is 9. The lowest BCUT2D eigenvalue weighted by molar-refractivity contribution is -0.142. The highest BCUT2D eigenvalue weighted by Gasteiger charge is 2.35. The van der Waals surface area contributed by atoms with Gasteiger partial charge in [0, 0.05) is 38.3 Å².